The summed E-state index contributed by atoms with van der Waals surface area (Å²) >= 11 is 8.61. The number of nitrogens with two attached hydrogens (primary N) is 1. The van der Waals surface area contributed by atoms with Gasteiger partial charge in [0.05, 0.1) is 0 Å². The first kappa shape index (κ1) is 14.8. The molecule has 2 unspecified atom stereocenters. The summed E-state index contributed by atoms with van der Waals surface area (Å²) < 4.78 is 1.05. The molecule has 2 rings (SSSR count). The number of halogens is 1. The molecule has 1 saturated carbocycles. The summed E-state index contributed by atoms with van der Waals surface area (Å²) in [6, 6.07) is 6.00. The van der Waals surface area contributed by atoms with Gasteiger partial charge in [-0.3, -0.25) is 0 Å². The molecule has 0 aromatic heterocycles. The molecule has 1 aliphatic carbocycles. The summed E-state index contributed by atoms with van der Waals surface area (Å²) in [5.74, 6) is 1.56. The van der Waals surface area contributed by atoms with Crippen molar-refractivity contribution in [3.63, 3.8) is 0 Å². The van der Waals surface area contributed by atoms with Gasteiger partial charge in [-0.2, -0.15) is 0 Å². The third-order valence-electron chi connectivity index (χ3n) is 4.09. The van der Waals surface area contributed by atoms with Crippen molar-refractivity contribution in [1.29, 1.82) is 0 Å². The van der Waals surface area contributed by atoms with Gasteiger partial charge in [0, 0.05) is 22.3 Å². The summed E-state index contributed by atoms with van der Waals surface area (Å²) in [6.07, 6.45) is 5.42. The van der Waals surface area contributed by atoms with Crippen molar-refractivity contribution in [1.82, 2.24) is 0 Å². The van der Waals surface area contributed by atoms with Gasteiger partial charge >= 0.3 is 0 Å². The zero-order valence-electron chi connectivity index (χ0n) is 11.3. The number of rotatable bonds is 4. The Morgan fingerprint density at radius 1 is 1.42 bits per heavy atom. The van der Waals surface area contributed by atoms with Crippen LogP contribution in [0.15, 0.2) is 22.7 Å². The Morgan fingerprint density at radius 3 is 2.84 bits per heavy atom. The van der Waals surface area contributed by atoms with Crippen molar-refractivity contribution in [2.24, 2.45) is 17.6 Å². The van der Waals surface area contributed by atoms with Crippen LogP contribution in [-0.4, -0.2) is 11.5 Å². The van der Waals surface area contributed by atoms with E-state index in [-0.39, 0.29) is 0 Å². The van der Waals surface area contributed by atoms with Crippen LogP contribution in [0, 0.1) is 11.8 Å². The van der Waals surface area contributed by atoms with Gasteiger partial charge in [0.25, 0.3) is 0 Å². The highest BCUT2D eigenvalue weighted by atomic mass is 79.9. The molecule has 1 aromatic rings. The van der Waals surface area contributed by atoms with Gasteiger partial charge in [0.15, 0.2) is 0 Å². The number of benzene rings is 1. The lowest BCUT2D eigenvalue weighted by Gasteiger charge is -2.29. The van der Waals surface area contributed by atoms with Gasteiger partial charge in [-0.1, -0.05) is 54.3 Å². The minimum absolute atomic E-state index is 0.451. The average molecular weight is 341 g/mol. The Bertz CT molecular complexity index is 461. The Morgan fingerprint density at radius 2 is 2.16 bits per heavy atom. The van der Waals surface area contributed by atoms with E-state index in [1.807, 2.05) is 12.1 Å². The van der Waals surface area contributed by atoms with E-state index in [2.05, 4.69) is 34.2 Å². The van der Waals surface area contributed by atoms with E-state index < -0.39 is 0 Å². The van der Waals surface area contributed by atoms with Gasteiger partial charge in [0.2, 0.25) is 0 Å². The summed E-state index contributed by atoms with van der Waals surface area (Å²) in [6.45, 7) is 3.37. The van der Waals surface area contributed by atoms with Crippen molar-refractivity contribution in [2.45, 2.75) is 32.6 Å². The molecule has 104 valence electrons. The topological polar surface area (TPSA) is 38.0 Å². The predicted molar refractivity (Wildman–Crippen MR) is 89.6 cm³/mol. The van der Waals surface area contributed by atoms with Crippen LogP contribution in [0.25, 0.3) is 0 Å². The van der Waals surface area contributed by atoms with Gasteiger partial charge in [-0.15, -0.1) is 0 Å². The number of hydrogen-bond acceptors (Lipinski definition) is 2. The molecule has 0 heterocycles. The minimum atomic E-state index is 0.451. The number of hydrogen-bond donors (Lipinski definition) is 2. The van der Waals surface area contributed by atoms with Gasteiger partial charge in [0.1, 0.15) is 4.99 Å². The van der Waals surface area contributed by atoms with Crippen LogP contribution in [0.5, 0.6) is 0 Å². The maximum atomic E-state index is 5.78. The first-order chi connectivity index (χ1) is 9.08. The van der Waals surface area contributed by atoms with E-state index in [9.17, 15) is 0 Å². The van der Waals surface area contributed by atoms with Gasteiger partial charge in [-0.25, -0.2) is 0 Å². The van der Waals surface area contributed by atoms with E-state index in [0.717, 1.165) is 34.1 Å². The van der Waals surface area contributed by atoms with Crippen LogP contribution >= 0.6 is 28.1 Å². The zero-order valence-corrected chi connectivity index (χ0v) is 13.7. The predicted octanol–water partition coefficient (Wildman–Crippen LogP) is 4.32. The second-order valence-corrected chi connectivity index (χ2v) is 6.81. The quantitative estimate of drug-likeness (QED) is 0.801. The second kappa shape index (κ2) is 6.71. The summed E-state index contributed by atoms with van der Waals surface area (Å²) in [5, 5.41) is 3.54. The lowest BCUT2D eigenvalue weighted by molar-refractivity contribution is 0.268. The highest BCUT2D eigenvalue weighted by Gasteiger charge is 2.21. The van der Waals surface area contributed by atoms with Crippen molar-refractivity contribution < 1.29 is 0 Å². The third-order valence-corrected chi connectivity index (χ3v) is 4.80. The smallest absolute Gasteiger partial charge is 0.106 e. The largest absolute Gasteiger partial charge is 0.389 e. The molecule has 2 nitrogen and oxygen atoms in total. The Balaban J connectivity index is 2.05. The van der Waals surface area contributed by atoms with Crippen LogP contribution in [-0.2, 0) is 0 Å². The van der Waals surface area contributed by atoms with Crippen LogP contribution in [0.4, 0.5) is 5.69 Å². The van der Waals surface area contributed by atoms with E-state index >= 15 is 0 Å². The molecule has 1 fully saturated rings. The highest BCUT2D eigenvalue weighted by molar-refractivity contribution is 9.10. The normalized spacial score (nSPS) is 23.1. The fourth-order valence-electron chi connectivity index (χ4n) is 2.81. The molecule has 1 aliphatic rings. The Labute approximate surface area is 129 Å². The van der Waals surface area contributed by atoms with Crippen molar-refractivity contribution >= 4 is 38.8 Å². The standard InChI is InChI=1S/C15H21BrN2S/c1-10-4-2-3-5-11(10)9-18-14-8-12(16)6-7-13(14)15(17)19/h6-8,10-11,18H,2-5,9H2,1H3,(H2,17,19). The lowest BCUT2D eigenvalue weighted by Crippen LogP contribution is -2.25. The minimum Gasteiger partial charge on any atom is -0.389 e. The molecule has 0 spiro atoms. The summed E-state index contributed by atoms with van der Waals surface area (Å²) in [7, 11) is 0. The first-order valence-electron chi connectivity index (χ1n) is 6.91. The molecule has 3 N–H and O–H groups in total. The zero-order chi connectivity index (χ0) is 13.8. The SMILES string of the molecule is CC1CCCCC1CNc1cc(Br)ccc1C(N)=S. The van der Waals surface area contributed by atoms with Gasteiger partial charge < -0.3 is 11.1 Å². The molecular weight excluding hydrogens is 320 g/mol. The van der Waals surface area contributed by atoms with Crippen LogP contribution in [0.1, 0.15) is 38.2 Å². The molecule has 2 atom stereocenters. The average Bonchev–Trinajstić information content (AvgIpc) is 2.37. The molecule has 4 heteroatoms. The van der Waals surface area contributed by atoms with Crippen molar-refractivity contribution in [2.75, 3.05) is 11.9 Å². The molecule has 1 aromatic carbocycles. The molecular formula is C15H21BrN2S. The van der Waals surface area contributed by atoms with Crippen LogP contribution in [0.3, 0.4) is 0 Å². The van der Waals surface area contributed by atoms with Gasteiger partial charge in [-0.05, 0) is 36.5 Å². The number of anilines is 1. The number of thiocarbonyl (C=S) groups is 1. The first-order valence-corrected chi connectivity index (χ1v) is 8.11. The van der Waals surface area contributed by atoms with E-state index in [1.54, 1.807) is 0 Å². The maximum Gasteiger partial charge on any atom is 0.106 e. The van der Waals surface area contributed by atoms with E-state index in [1.165, 1.54) is 25.7 Å². The summed E-state index contributed by atoms with van der Waals surface area (Å²) in [4.78, 5) is 0.451. The Kier molecular flexibility index (Phi) is 5.22. The van der Waals surface area contributed by atoms with E-state index in [4.69, 9.17) is 18.0 Å². The Hall–Kier alpha value is -0.610. The molecule has 0 saturated heterocycles. The summed E-state index contributed by atoms with van der Waals surface area (Å²) in [5.41, 5.74) is 7.75. The monoisotopic (exact) mass is 340 g/mol. The molecule has 19 heavy (non-hydrogen) atoms. The fourth-order valence-corrected chi connectivity index (χ4v) is 3.35. The highest BCUT2D eigenvalue weighted by Crippen LogP contribution is 2.30. The molecule has 0 radical (unpaired) electrons. The van der Waals surface area contributed by atoms with Crippen LogP contribution < -0.4 is 11.1 Å². The fraction of sp³-hybridized carbons (Fsp3) is 0.533. The third kappa shape index (κ3) is 3.93. The maximum absolute atomic E-state index is 5.78. The lowest BCUT2D eigenvalue weighted by atomic mass is 9.80. The van der Waals surface area contributed by atoms with Crippen LogP contribution in [0.2, 0.25) is 0 Å². The molecule has 0 bridgehead atoms. The number of nitrogens with one attached hydrogen (secondary N) is 1. The molecule has 0 aliphatic heterocycles. The van der Waals surface area contributed by atoms with Crippen molar-refractivity contribution in [3.05, 3.63) is 28.2 Å². The van der Waals surface area contributed by atoms with Crippen molar-refractivity contribution in [3.8, 4) is 0 Å². The molecule has 0 amide bonds. The second-order valence-electron chi connectivity index (χ2n) is 5.46. The van der Waals surface area contributed by atoms with E-state index in [0.29, 0.717) is 4.99 Å².